The number of nitrogens with zero attached hydrogens (tertiary/aromatic N) is 5. The van der Waals surface area contributed by atoms with Crippen molar-refractivity contribution in [3.8, 4) is 23.3 Å². The van der Waals surface area contributed by atoms with E-state index in [0.29, 0.717) is 19.6 Å². The zero-order chi connectivity index (χ0) is 38.4. The van der Waals surface area contributed by atoms with E-state index in [1.165, 1.54) is 12.8 Å². The van der Waals surface area contributed by atoms with Crippen molar-refractivity contribution in [1.82, 2.24) is 29.3 Å². The van der Waals surface area contributed by atoms with Crippen molar-refractivity contribution in [3.05, 3.63) is 106 Å². The van der Waals surface area contributed by atoms with Crippen molar-refractivity contribution in [1.29, 1.82) is 0 Å². The molecule has 0 radical (unpaired) electrons. The number of aromatic nitrogens is 4. The molecule has 5 heterocycles. The minimum atomic E-state index is -1.11. The van der Waals surface area contributed by atoms with Gasteiger partial charge in [-0.05, 0) is 99.9 Å². The van der Waals surface area contributed by atoms with Gasteiger partial charge in [0, 0.05) is 44.1 Å². The molecule has 290 valence electrons. The Morgan fingerprint density at radius 1 is 0.643 bits per heavy atom. The molecule has 9 heteroatoms. The minimum Gasteiger partial charge on any atom is -0.440 e. The first-order valence-corrected chi connectivity index (χ1v) is 20.8. The maximum Gasteiger partial charge on any atom is 0.210 e. The van der Waals surface area contributed by atoms with Crippen LogP contribution < -0.4 is 14.8 Å². The minimum absolute atomic E-state index is 0.217. The van der Waals surface area contributed by atoms with Crippen molar-refractivity contribution in [2.45, 2.75) is 110 Å². The first-order chi connectivity index (χ1) is 27.4. The maximum atomic E-state index is 13.9. The number of aryl methyl sites for hydroxylation is 4. The van der Waals surface area contributed by atoms with Crippen LogP contribution in [0.5, 0.6) is 23.3 Å². The van der Waals surface area contributed by atoms with Gasteiger partial charge in [0.25, 0.3) is 0 Å². The molecule has 0 unspecified atom stereocenters. The largest absolute Gasteiger partial charge is 0.440 e. The molecular formula is C47H54N6O3. The molecule has 2 aliphatic carbocycles. The fourth-order valence-corrected chi connectivity index (χ4v) is 10.2. The number of hydrogen-bond acceptors (Lipinski definition) is 6. The molecule has 6 aromatic rings. The average Bonchev–Trinajstić information content (AvgIpc) is 3.74. The Bertz CT molecular complexity index is 2200. The maximum absolute atomic E-state index is 13.9. The van der Waals surface area contributed by atoms with E-state index in [1.54, 1.807) is 0 Å². The summed E-state index contributed by atoms with van der Waals surface area (Å²) in [4.78, 5) is 26.4. The molecule has 1 saturated heterocycles. The van der Waals surface area contributed by atoms with Crippen molar-refractivity contribution in [3.63, 3.8) is 0 Å². The normalized spacial score (nSPS) is 18.1. The SMILES string of the molecule is Cc1cccc(C)c1Oc1c(C2(c3c(Oc4c(C)cccc4C)n(C4CCCCC4)c4cccnc34)CNCCN2C=O)c2ncccc2n1C1CCCCC1. The molecule has 1 N–H and O–H groups in total. The van der Waals surface area contributed by atoms with Gasteiger partial charge in [-0.3, -0.25) is 14.8 Å². The van der Waals surface area contributed by atoms with Crippen LogP contribution in [-0.4, -0.2) is 50.0 Å². The Morgan fingerprint density at radius 2 is 1.09 bits per heavy atom. The predicted octanol–water partition coefficient (Wildman–Crippen LogP) is 10.5. The van der Waals surface area contributed by atoms with E-state index in [0.717, 1.165) is 136 Å². The molecule has 9 nitrogen and oxygen atoms in total. The van der Waals surface area contributed by atoms with Crippen LogP contribution in [0.2, 0.25) is 0 Å². The average molecular weight is 751 g/mol. The third kappa shape index (κ3) is 5.97. The molecule has 2 saturated carbocycles. The van der Waals surface area contributed by atoms with Gasteiger partial charge in [0.1, 0.15) is 17.0 Å². The predicted molar refractivity (Wildman–Crippen MR) is 222 cm³/mol. The summed E-state index contributed by atoms with van der Waals surface area (Å²) >= 11 is 0. The van der Waals surface area contributed by atoms with Crippen LogP contribution in [-0.2, 0) is 10.3 Å². The standard InChI is InChI=1S/C47H54N6O3/c1-31-15-11-16-32(2)43(31)55-45-39(41-37(23-13-25-49-41)52(45)35-19-7-5-8-20-35)47(29-48-27-28-51(47)30-54)40-42-38(24-14-26-50-42)53(36-21-9-6-10-22-36)46(40)56-44-33(3)17-12-18-34(44)4/h11-18,23-26,30,35-36,48H,5-10,19-22,27-29H2,1-4H3. The fourth-order valence-electron chi connectivity index (χ4n) is 10.2. The Morgan fingerprint density at radius 3 is 1.52 bits per heavy atom. The van der Waals surface area contributed by atoms with Crippen LogP contribution in [0.25, 0.3) is 22.1 Å². The van der Waals surface area contributed by atoms with E-state index in [1.807, 2.05) is 29.4 Å². The number of ether oxygens (including phenoxy) is 2. The summed E-state index contributed by atoms with van der Waals surface area (Å²) in [5.74, 6) is 3.15. The first kappa shape index (κ1) is 36.5. The Kier molecular flexibility index (Phi) is 9.82. The van der Waals surface area contributed by atoms with E-state index in [4.69, 9.17) is 19.4 Å². The summed E-state index contributed by atoms with van der Waals surface area (Å²) in [6.07, 6.45) is 16.1. The van der Waals surface area contributed by atoms with Crippen molar-refractivity contribution in [2.24, 2.45) is 0 Å². The number of rotatable bonds is 9. The van der Waals surface area contributed by atoms with E-state index >= 15 is 0 Å². The lowest BCUT2D eigenvalue weighted by atomic mass is 9.80. The van der Waals surface area contributed by atoms with Crippen LogP contribution in [0.15, 0.2) is 73.1 Å². The van der Waals surface area contributed by atoms with Gasteiger partial charge >= 0.3 is 0 Å². The van der Waals surface area contributed by atoms with E-state index < -0.39 is 5.54 Å². The van der Waals surface area contributed by atoms with Gasteiger partial charge in [-0.2, -0.15) is 0 Å². The second-order valence-corrected chi connectivity index (χ2v) is 16.4. The highest BCUT2D eigenvalue weighted by Crippen LogP contribution is 2.55. The molecule has 3 fully saturated rings. The van der Waals surface area contributed by atoms with Crippen molar-refractivity contribution in [2.75, 3.05) is 19.6 Å². The molecule has 0 bridgehead atoms. The second kappa shape index (κ2) is 15.1. The second-order valence-electron chi connectivity index (χ2n) is 16.4. The number of nitrogens with one attached hydrogen (secondary N) is 1. The molecule has 3 aliphatic rings. The van der Waals surface area contributed by atoms with Crippen LogP contribution >= 0.6 is 0 Å². The molecule has 9 rings (SSSR count). The van der Waals surface area contributed by atoms with Gasteiger partial charge < -0.3 is 28.8 Å². The van der Waals surface area contributed by atoms with Crippen molar-refractivity contribution >= 4 is 28.5 Å². The molecule has 2 aromatic carbocycles. The zero-order valence-electron chi connectivity index (χ0n) is 33.3. The fraction of sp³-hybridized carbons (Fsp3) is 0.426. The van der Waals surface area contributed by atoms with E-state index in [-0.39, 0.29) is 12.1 Å². The van der Waals surface area contributed by atoms with Gasteiger partial charge in [0.05, 0.1) is 33.2 Å². The summed E-state index contributed by atoms with van der Waals surface area (Å²) in [6, 6.07) is 21.5. The summed E-state index contributed by atoms with van der Waals surface area (Å²) in [7, 11) is 0. The van der Waals surface area contributed by atoms with Gasteiger partial charge in [0.15, 0.2) is 0 Å². The molecule has 1 amide bonds. The number of piperazine rings is 1. The zero-order valence-corrected chi connectivity index (χ0v) is 33.3. The third-order valence-corrected chi connectivity index (χ3v) is 12.9. The molecule has 0 spiro atoms. The van der Waals surface area contributed by atoms with Crippen LogP contribution in [0.1, 0.15) is 110 Å². The number of fused-ring (bicyclic) bond motifs is 2. The number of amides is 1. The molecule has 1 aliphatic heterocycles. The summed E-state index contributed by atoms with van der Waals surface area (Å²) in [6.45, 7) is 10.0. The highest BCUT2D eigenvalue weighted by molar-refractivity contribution is 5.91. The Labute approximate surface area is 330 Å². The molecular weight excluding hydrogens is 697 g/mol. The lowest BCUT2D eigenvalue weighted by Gasteiger charge is -2.46. The highest BCUT2D eigenvalue weighted by Gasteiger charge is 2.52. The quantitative estimate of drug-likeness (QED) is 0.148. The monoisotopic (exact) mass is 750 g/mol. The van der Waals surface area contributed by atoms with Crippen LogP contribution in [0.3, 0.4) is 0 Å². The number of pyridine rings is 2. The van der Waals surface area contributed by atoms with Gasteiger partial charge in [-0.15, -0.1) is 0 Å². The van der Waals surface area contributed by atoms with Gasteiger partial charge in [0.2, 0.25) is 18.2 Å². The summed E-state index contributed by atoms with van der Waals surface area (Å²) in [5, 5.41) is 3.79. The van der Waals surface area contributed by atoms with Crippen LogP contribution in [0.4, 0.5) is 0 Å². The lowest BCUT2D eigenvalue weighted by Crippen LogP contribution is -2.59. The smallest absolute Gasteiger partial charge is 0.210 e. The number of carbonyl (C=O) groups excluding carboxylic acids is 1. The number of carbonyl (C=O) groups is 1. The number of benzene rings is 2. The number of para-hydroxylation sites is 2. The lowest BCUT2D eigenvalue weighted by molar-refractivity contribution is -0.124. The Balaban J connectivity index is 1.44. The Hall–Kier alpha value is -5.15. The van der Waals surface area contributed by atoms with E-state index in [2.05, 4.69) is 90.7 Å². The molecule has 56 heavy (non-hydrogen) atoms. The van der Waals surface area contributed by atoms with Gasteiger partial charge in [-0.1, -0.05) is 74.9 Å². The highest BCUT2D eigenvalue weighted by atomic mass is 16.5. The topological polar surface area (TPSA) is 86.4 Å². The molecule has 4 aromatic heterocycles. The third-order valence-electron chi connectivity index (χ3n) is 12.9. The first-order valence-electron chi connectivity index (χ1n) is 20.8. The number of hydrogen-bond donors (Lipinski definition) is 1. The van der Waals surface area contributed by atoms with Crippen LogP contribution in [0, 0.1) is 27.7 Å². The van der Waals surface area contributed by atoms with Crippen molar-refractivity contribution < 1.29 is 14.3 Å². The molecule has 0 atom stereocenters. The summed E-state index contributed by atoms with van der Waals surface area (Å²) < 4.78 is 19.8. The summed E-state index contributed by atoms with van der Waals surface area (Å²) in [5.41, 5.74) is 8.58. The van der Waals surface area contributed by atoms with E-state index in [9.17, 15) is 4.79 Å². The van der Waals surface area contributed by atoms with Gasteiger partial charge in [-0.25, -0.2) is 0 Å².